The molecule has 0 amide bonds. The molecule has 5 rings (SSSR count). The van der Waals surface area contributed by atoms with Gasteiger partial charge in [0.25, 0.3) is 0 Å². The van der Waals surface area contributed by atoms with Gasteiger partial charge in [-0.05, 0) is 62.9 Å². The van der Waals surface area contributed by atoms with E-state index in [2.05, 4.69) is 71.8 Å². The van der Waals surface area contributed by atoms with Gasteiger partial charge in [0.15, 0.2) is 0 Å². The number of alkyl halides is 1. The number of aromatic hydroxyl groups is 1. The van der Waals surface area contributed by atoms with Crippen LogP contribution in [-0.2, 0) is 11.3 Å². The second-order valence-electron chi connectivity index (χ2n) is 13.4. The molecule has 3 aromatic rings. The zero-order valence-electron chi connectivity index (χ0n) is 25.4. The van der Waals surface area contributed by atoms with Gasteiger partial charge in [-0.3, -0.25) is 5.32 Å². The van der Waals surface area contributed by atoms with Crippen molar-refractivity contribution in [2.45, 2.75) is 85.2 Å². The van der Waals surface area contributed by atoms with Crippen LogP contribution < -0.4 is 15.5 Å². The molecule has 0 aliphatic carbocycles. The molecule has 0 saturated carbocycles. The van der Waals surface area contributed by atoms with Crippen molar-refractivity contribution in [2.75, 3.05) is 18.0 Å². The Labute approximate surface area is 238 Å². The fourth-order valence-corrected chi connectivity index (χ4v) is 6.88. The Morgan fingerprint density at radius 3 is 2.10 bits per heavy atom. The summed E-state index contributed by atoms with van der Waals surface area (Å²) in [6.45, 7) is 19.6. The lowest BCUT2D eigenvalue weighted by Crippen LogP contribution is -2.72. The van der Waals surface area contributed by atoms with E-state index in [0.717, 1.165) is 22.8 Å². The topological polar surface area (TPSA) is 68.6 Å². The average Bonchev–Trinajstić information content (AvgIpc) is 3.50. The molecule has 0 radical (unpaired) electrons. The third-order valence-corrected chi connectivity index (χ3v) is 9.18. The molecule has 2 aromatic carbocycles. The van der Waals surface area contributed by atoms with Crippen LogP contribution in [0.4, 0.5) is 10.1 Å². The van der Waals surface area contributed by atoms with Gasteiger partial charge >= 0.3 is 0 Å². The van der Waals surface area contributed by atoms with Crippen LogP contribution in [0.2, 0.25) is 0 Å². The van der Waals surface area contributed by atoms with E-state index in [9.17, 15) is 5.11 Å². The first-order valence-electron chi connectivity index (χ1n) is 14.3. The average molecular weight is 549 g/mol. The van der Waals surface area contributed by atoms with Crippen molar-refractivity contribution in [2.24, 2.45) is 11.3 Å². The molecular formula is C32H45FN6O. The highest BCUT2D eigenvalue weighted by Crippen LogP contribution is 2.52. The summed E-state index contributed by atoms with van der Waals surface area (Å²) in [7, 11) is 0. The van der Waals surface area contributed by atoms with Crippen LogP contribution in [0.25, 0.3) is 0 Å². The number of phenolic OH excluding ortho intramolecular Hbond substituents is 1. The van der Waals surface area contributed by atoms with E-state index < -0.39 is 28.3 Å². The van der Waals surface area contributed by atoms with Gasteiger partial charge in [0.2, 0.25) is 5.92 Å². The van der Waals surface area contributed by atoms with Gasteiger partial charge in [-0.1, -0.05) is 65.0 Å². The third-order valence-electron chi connectivity index (χ3n) is 9.18. The Hall–Kier alpha value is -2.94. The highest BCUT2D eigenvalue weighted by molar-refractivity contribution is 5.55. The number of phenols is 1. The fourth-order valence-electron chi connectivity index (χ4n) is 6.88. The maximum atomic E-state index is 17.8. The predicted molar refractivity (Wildman–Crippen MR) is 158 cm³/mol. The Balaban J connectivity index is 1.71. The number of nitrogens with zero attached hydrogens (tertiary/aromatic N) is 4. The number of aryl methyl sites for hydroxylation is 2. The van der Waals surface area contributed by atoms with Gasteiger partial charge in [-0.25, -0.2) is 19.6 Å². The van der Waals surface area contributed by atoms with E-state index in [4.69, 9.17) is 0 Å². The monoisotopic (exact) mass is 548 g/mol. The van der Waals surface area contributed by atoms with Crippen LogP contribution in [0.1, 0.15) is 65.5 Å². The lowest BCUT2D eigenvalue weighted by atomic mass is 9.78. The Morgan fingerprint density at radius 2 is 1.57 bits per heavy atom. The van der Waals surface area contributed by atoms with Crippen LogP contribution >= 0.6 is 0 Å². The SMILES string of the molecule is Cc1cn(C2(C)CN(C3(C(C)(C)C)CN(c4ccc(O)cc4)C(C)(c4ccccc4)N3)C(F)(C(C)C)N2)c(C)n1. The molecule has 0 spiro atoms. The van der Waals surface area contributed by atoms with E-state index in [-0.39, 0.29) is 11.7 Å². The van der Waals surface area contributed by atoms with E-state index in [1.165, 1.54) is 0 Å². The second-order valence-corrected chi connectivity index (χ2v) is 13.4. The molecule has 1 aromatic heterocycles. The summed E-state index contributed by atoms with van der Waals surface area (Å²) in [5.74, 6) is -1.09. The summed E-state index contributed by atoms with van der Waals surface area (Å²) in [6, 6.07) is 17.6. The van der Waals surface area contributed by atoms with Gasteiger partial charge in [-0.2, -0.15) is 0 Å². The largest absolute Gasteiger partial charge is 0.508 e. The lowest BCUT2D eigenvalue weighted by Gasteiger charge is -2.53. The maximum absolute atomic E-state index is 17.8. The standard InChI is InChI=1S/C32H45FN6O/c1-22(2)32(33)35-29(8,37-19-23(3)34-24(37)4)20-39(32)31(28(5,6)7)21-38(26-15-17-27(40)18-16-26)30(9,36-31)25-13-11-10-12-14-25/h10-19,22,35-36,40H,20-21H2,1-9H3. The van der Waals surface area contributed by atoms with Crippen molar-refractivity contribution in [3.05, 3.63) is 77.9 Å². The molecular weight excluding hydrogens is 503 g/mol. The van der Waals surface area contributed by atoms with E-state index >= 15 is 4.39 Å². The fraction of sp³-hybridized carbons (Fsp3) is 0.531. The minimum atomic E-state index is -1.82. The Kier molecular flexibility index (Phi) is 6.64. The quantitative estimate of drug-likeness (QED) is 0.351. The van der Waals surface area contributed by atoms with Crippen molar-refractivity contribution < 1.29 is 9.50 Å². The zero-order valence-corrected chi connectivity index (χ0v) is 25.4. The highest BCUT2D eigenvalue weighted by Gasteiger charge is 2.68. The first-order chi connectivity index (χ1) is 18.6. The maximum Gasteiger partial charge on any atom is 0.223 e. The van der Waals surface area contributed by atoms with Crippen LogP contribution in [0.5, 0.6) is 5.75 Å². The van der Waals surface area contributed by atoms with E-state index in [1.54, 1.807) is 12.1 Å². The molecule has 216 valence electrons. The van der Waals surface area contributed by atoms with Crippen LogP contribution in [0.15, 0.2) is 60.8 Å². The number of rotatable bonds is 5. The second kappa shape index (κ2) is 9.29. The predicted octanol–water partition coefficient (Wildman–Crippen LogP) is 5.79. The molecule has 3 N–H and O–H groups in total. The number of hydrogen-bond donors (Lipinski definition) is 3. The van der Waals surface area contributed by atoms with Crippen LogP contribution in [0, 0.1) is 25.2 Å². The molecule has 4 atom stereocenters. The summed E-state index contributed by atoms with van der Waals surface area (Å²) in [6.07, 6.45) is 2.01. The summed E-state index contributed by atoms with van der Waals surface area (Å²) in [5, 5.41) is 17.6. The van der Waals surface area contributed by atoms with Gasteiger partial charge in [0.05, 0.1) is 12.2 Å². The van der Waals surface area contributed by atoms with Crippen molar-refractivity contribution >= 4 is 5.69 Å². The summed E-state index contributed by atoms with van der Waals surface area (Å²) < 4.78 is 19.9. The van der Waals surface area contributed by atoms with Gasteiger partial charge in [0, 0.05) is 24.3 Å². The zero-order chi connectivity index (χ0) is 29.3. The first kappa shape index (κ1) is 28.6. The van der Waals surface area contributed by atoms with Crippen molar-refractivity contribution in [3.8, 4) is 5.75 Å². The van der Waals surface area contributed by atoms with Crippen molar-refractivity contribution in [1.82, 2.24) is 25.1 Å². The number of anilines is 1. The first-order valence-corrected chi connectivity index (χ1v) is 14.3. The number of aromatic nitrogens is 2. The smallest absolute Gasteiger partial charge is 0.223 e. The summed E-state index contributed by atoms with van der Waals surface area (Å²) >= 11 is 0. The molecule has 40 heavy (non-hydrogen) atoms. The minimum Gasteiger partial charge on any atom is -0.508 e. The molecule has 2 aliphatic rings. The third kappa shape index (κ3) is 4.23. The number of nitrogens with one attached hydrogen (secondary N) is 2. The van der Waals surface area contributed by atoms with E-state index in [0.29, 0.717) is 13.1 Å². The molecule has 0 bridgehead atoms. The van der Waals surface area contributed by atoms with Gasteiger partial charge in [0.1, 0.15) is 28.6 Å². The van der Waals surface area contributed by atoms with Crippen LogP contribution in [0.3, 0.4) is 0 Å². The molecule has 2 saturated heterocycles. The molecule has 2 fully saturated rings. The van der Waals surface area contributed by atoms with Crippen LogP contribution in [-0.4, -0.2) is 44.2 Å². The Morgan fingerprint density at radius 1 is 0.950 bits per heavy atom. The molecule has 2 aliphatic heterocycles. The normalized spacial score (nSPS) is 31.4. The molecule has 3 heterocycles. The lowest BCUT2D eigenvalue weighted by molar-refractivity contribution is -0.155. The summed E-state index contributed by atoms with van der Waals surface area (Å²) in [4.78, 5) is 9.00. The number of hydrogen-bond acceptors (Lipinski definition) is 6. The van der Waals surface area contributed by atoms with Crippen molar-refractivity contribution in [3.63, 3.8) is 0 Å². The molecule has 8 heteroatoms. The number of benzene rings is 2. The molecule has 4 unspecified atom stereocenters. The highest BCUT2D eigenvalue weighted by atomic mass is 19.2. The number of halogens is 1. The minimum absolute atomic E-state index is 0.215. The molecule has 7 nitrogen and oxygen atoms in total. The van der Waals surface area contributed by atoms with Gasteiger partial charge in [-0.15, -0.1) is 0 Å². The summed E-state index contributed by atoms with van der Waals surface area (Å²) in [5.41, 5.74) is 0.361. The van der Waals surface area contributed by atoms with Gasteiger partial charge < -0.3 is 14.6 Å². The van der Waals surface area contributed by atoms with Crippen molar-refractivity contribution in [1.29, 1.82) is 0 Å². The number of imidazole rings is 1. The Bertz CT molecular complexity index is 1370. The van der Waals surface area contributed by atoms with E-state index in [1.807, 2.05) is 69.1 Å².